The minimum Gasteiger partial charge on any atom is -0.434 e. The Labute approximate surface area is 121 Å². The third kappa shape index (κ3) is 2.72. The number of cyclic esters (lactones) is 1. The molecule has 1 heterocycles. The summed E-state index contributed by atoms with van der Waals surface area (Å²) in [6.45, 7) is 1.97. The van der Waals surface area contributed by atoms with Crippen molar-refractivity contribution in [3.05, 3.63) is 65.2 Å². The lowest BCUT2D eigenvalue weighted by Gasteiger charge is -2.13. The van der Waals surface area contributed by atoms with Gasteiger partial charge in [0, 0.05) is 11.3 Å². The molecule has 0 aliphatic carbocycles. The average Bonchev–Trinajstić information content (AvgIpc) is 2.78. The van der Waals surface area contributed by atoms with Crippen molar-refractivity contribution in [3.8, 4) is 0 Å². The molecule has 106 valence electrons. The highest BCUT2D eigenvalue weighted by molar-refractivity contribution is 5.95. The van der Waals surface area contributed by atoms with Crippen LogP contribution in [-0.4, -0.2) is 12.0 Å². The van der Waals surface area contributed by atoms with Crippen molar-refractivity contribution in [2.24, 2.45) is 0 Å². The molecule has 1 atom stereocenters. The fraction of sp³-hybridized carbons (Fsp3) is 0.125. The van der Waals surface area contributed by atoms with E-state index in [9.17, 15) is 9.59 Å². The highest BCUT2D eigenvalue weighted by Gasteiger charge is 2.31. The maximum atomic E-state index is 12.0. The summed E-state index contributed by atoms with van der Waals surface area (Å²) in [6.07, 6.45) is -0.751. The molecule has 0 spiro atoms. The van der Waals surface area contributed by atoms with Gasteiger partial charge in [0.15, 0.2) is 0 Å². The van der Waals surface area contributed by atoms with Gasteiger partial charge in [0.2, 0.25) is 6.23 Å². The van der Waals surface area contributed by atoms with Crippen LogP contribution in [0.4, 0.5) is 10.5 Å². The van der Waals surface area contributed by atoms with Gasteiger partial charge in [0.25, 0.3) is 0 Å². The van der Waals surface area contributed by atoms with E-state index in [0.717, 1.165) is 5.56 Å². The quantitative estimate of drug-likeness (QED) is 0.832. The number of benzene rings is 2. The summed E-state index contributed by atoms with van der Waals surface area (Å²) in [6, 6.07) is 14.0. The second kappa shape index (κ2) is 5.28. The third-order valence-electron chi connectivity index (χ3n) is 3.26. The molecule has 1 aliphatic heterocycles. The first-order valence-electron chi connectivity index (χ1n) is 6.57. The molecule has 2 aromatic carbocycles. The molecular weight excluding hydrogens is 268 g/mol. The molecule has 3 rings (SSSR count). The Balaban J connectivity index is 1.69. The summed E-state index contributed by atoms with van der Waals surface area (Å²) in [5.74, 6) is -0.425. The molecular formula is C16H14N2O3. The molecule has 0 saturated carbocycles. The van der Waals surface area contributed by atoms with Crippen LogP contribution in [0.3, 0.4) is 0 Å². The van der Waals surface area contributed by atoms with Gasteiger partial charge in [-0.05, 0) is 25.1 Å². The first-order valence-corrected chi connectivity index (χ1v) is 6.57. The molecule has 2 N–H and O–H groups in total. The highest BCUT2D eigenvalue weighted by Crippen LogP contribution is 2.28. The lowest BCUT2D eigenvalue weighted by molar-refractivity contribution is 0.0342. The van der Waals surface area contributed by atoms with Gasteiger partial charge in [-0.3, -0.25) is 5.32 Å². The number of nitrogens with one attached hydrogen (secondary N) is 2. The minimum absolute atomic E-state index is 0.423. The van der Waals surface area contributed by atoms with E-state index in [2.05, 4.69) is 10.6 Å². The maximum absolute atomic E-state index is 12.0. The van der Waals surface area contributed by atoms with E-state index in [1.165, 1.54) is 0 Å². The van der Waals surface area contributed by atoms with Gasteiger partial charge < -0.3 is 10.1 Å². The summed E-state index contributed by atoms with van der Waals surface area (Å²) in [5, 5.41) is 5.34. The van der Waals surface area contributed by atoms with Crippen LogP contribution < -0.4 is 10.6 Å². The molecule has 0 bridgehead atoms. The van der Waals surface area contributed by atoms with Crippen molar-refractivity contribution >= 4 is 17.7 Å². The summed E-state index contributed by atoms with van der Waals surface area (Å²) >= 11 is 0. The zero-order chi connectivity index (χ0) is 14.8. The number of hydrogen-bond donors (Lipinski definition) is 2. The second-order valence-corrected chi connectivity index (χ2v) is 4.84. The van der Waals surface area contributed by atoms with E-state index < -0.39 is 18.2 Å². The lowest BCUT2D eigenvalue weighted by atomic mass is 10.1. The molecule has 0 saturated heterocycles. The largest absolute Gasteiger partial charge is 0.434 e. The Morgan fingerprint density at radius 2 is 1.81 bits per heavy atom. The molecule has 5 heteroatoms. The number of fused-ring (bicyclic) bond motifs is 1. The summed E-state index contributed by atoms with van der Waals surface area (Å²) in [4.78, 5) is 23.6. The number of carbonyl (C=O) groups is 2. The molecule has 2 amide bonds. The van der Waals surface area contributed by atoms with Gasteiger partial charge in [-0.25, -0.2) is 9.59 Å². The number of anilines is 1. The van der Waals surface area contributed by atoms with Crippen molar-refractivity contribution in [3.63, 3.8) is 0 Å². The van der Waals surface area contributed by atoms with Crippen molar-refractivity contribution in [1.82, 2.24) is 5.32 Å². The fourth-order valence-electron chi connectivity index (χ4n) is 2.18. The van der Waals surface area contributed by atoms with Gasteiger partial charge in [-0.15, -0.1) is 0 Å². The van der Waals surface area contributed by atoms with Crippen LogP contribution in [0.25, 0.3) is 0 Å². The van der Waals surface area contributed by atoms with Gasteiger partial charge >= 0.3 is 12.0 Å². The minimum atomic E-state index is -0.751. The van der Waals surface area contributed by atoms with Crippen LogP contribution in [0.15, 0.2) is 48.5 Å². The first-order chi connectivity index (χ1) is 10.1. The Morgan fingerprint density at radius 3 is 2.57 bits per heavy atom. The fourth-order valence-corrected chi connectivity index (χ4v) is 2.18. The molecule has 0 unspecified atom stereocenters. The predicted molar refractivity (Wildman–Crippen MR) is 77.9 cm³/mol. The smallest absolute Gasteiger partial charge is 0.340 e. The number of ether oxygens (including phenoxy) is 1. The van der Waals surface area contributed by atoms with Crippen LogP contribution in [0, 0.1) is 6.92 Å². The van der Waals surface area contributed by atoms with Crippen LogP contribution >= 0.6 is 0 Å². The van der Waals surface area contributed by atoms with Gasteiger partial charge in [-0.2, -0.15) is 0 Å². The normalized spacial score (nSPS) is 16.0. The molecule has 0 radical (unpaired) electrons. The maximum Gasteiger partial charge on any atom is 0.340 e. The van der Waals surface area contributed by atoms with Gasteiger partial charge in [0.05, 0.1) is 5.56 Å². The zero-order valence-corrected chi connectivity index (χ0v) is 11.4. The number of urea groups is 1. The second-order valence-electron chi connectivity index (χ2n) is 4.84. The van der Waals surface area contributed by atoms with Gasteiger partial charge in [-0.1, -0.05) is 35.9 Å². The molecule has 0 fully saturated rings. The van der Waals surface area contributed by atoms with E-state index in [4.69, 9.17) is 4.74 Å². The van der Waals surface area contributed by atoms with Crippen molar-refractivity contribution in [1.29, 1.82) is 0 Å². The van der Waals surface area contributed by atoms with E-state index in [1.807, 2.05) is 31.2 Å². The number of esters is 1. The van der Waals surface area contributed by atoms with E-state index >= 15 is 0 Å². The number of rotatable bonds is 2. The Kier molecular flexibility index (Phi) is 3.31. The van der Waals surface area contributed by atoms with Crippen molar-refractivity contribution < 1.29 is 14.3 Å². The standard InChI is InChI=1S/C16H14N2O3/c1-10-6-8-11(9-7-10)17-16(20)18-14-12-4-2-3-5-13(12)15(19)21-14/h2-9,14H,1H3,(H2,17,18,20)/t14-/m1/s1. The molecule has 2 aromatic rings. The molecule has 5 nitrogen and oxygen atoms in total. The average molecular weight is 282 g/mol. The first kappa shape index (κ1) is 13.2. The lowest BCUT2D eigenvalue weighted by Crippen LogP contribution is -2.32. The Morgan fingerprint density at radius 1 is 1.10 bits per heavy atom. The molecule has 0 aromatic heterocycles. The summed E-state index contributed by atoms with van der Waals surface area (Å²) in [5.41, 5.74) is 2.94. The number of aryl methyl sites for hydroxylation is 1. The monoisotopic (exact) mass is 282 g/mol. The van der Waals surface area contributed by atoms with Crippen molar-refractivity contribution in [2.75, 3.05) is 5.32 Å². The van der Waals surface area contributed by atoms with Crippen LogP contribution in [0.1, 0.15) is 27.7 Å². The van der Waals surface area contributed by atoms with Crippen LogP contribution in [-0.2, 0) is 4.74 Å². The molecule has 1 aliphatic rings. The Hall–Kier alpha value is -2.82. The molecule has 21 heavy (non-hydrogen) atoms. The SMILES string of the molecule is Cc1ccc(NC(=O)N[C@@H]2OC(=O)c3ccccc32)cc1. The number of hydrogen-bond acceptors (Lipinski definition) is 3. The van der Waals surface area contributed by atoms with Crippen LogP contribution in [0.5, 0.6) is 0 Å². The summed E-state index contributed by atoms with van der Waals surface area (Å²) < 4.78 is 5.15. The van der Waals surface area contributed by atoms with Crippen molar-refractivity contribution in [2.45, 2.75) is 13.2 Å². The predicted octanol–water partition coefficient (Wildman–Crippen LogP) is 2.99. The third-order valence-corrected chi connectivity index (χ3v) is 3.26. The Bertz CT molecular complexity index is 695. The number of carbonyl (C=O) groups excluding carboxylic acids is 2. The topological polar surface area (TPSA) is 67.4 Å². The summed E-state index contributed by atoms with van der Waals surface area (Å²) in [7, 11) is 0. The van der Waals surface area contributed by atoms with E-state index in [-0.39, 0.29) is 0 Å². The van der Waals surface area contributed by atoms with Gasteiger partial charge in [0.1, 0.15) is 0 Å². The zero-order valence-electron chi connectivity index (χ0n) is 11.4. The van der Waals surface area contributed by atoms with E-state index in [1.54, 1.807) is 24.3 Å². The van der Waals surface area contributed by atoms with E-state index in [0.29, 0.717) is 16.8 Å². The highest BCUT2D eigenvalue weighted by atomic mass is 16.6. The number of amides is 2. The van der Waals surface area contributed by atoms with Crippen LogP contribution in [0.2, 0.25) is 0 Å².